The van der Waals surface area contributed by atoms with E-state index in [1.165, 1.54) is 0 Å². The lowest BCUT2D eigenvalue weighted by molar-refractivity contribution is 0.477. The summed E-state index contributed by atoms with van der Waals surface area (Å²) in [5.41, 5.74) is 1.84. The van der Waals surface area contributed by atoms with Crippen LogP contribution in [0.3, 0.4) is 0 Å². The molecule has 3 rings (SSSR count). The molecule has 0 saturated carbocycles. The Balaban J connectivity index is 2.35. The smallest absolute Gasteiger partial charge is 0.131 e. The van der Waals surface area contributed by atoms with Gasteiger partial charge in [0.2, 0.25) is 0 Å². The molecule has 5 heteroatoms. The van der Waals surface area contributed by atoms with Gasteiger partial charge in [0.25, 0.3) is 0 Å². The molecule has 3 aromatic rings. The van der Waals surface area contributed by atoms with Crippen molar-refractivity contribution in [3.05, 3.63) is 57.7 Å². The first-order valence-corrected chi connectivity index (χ1v) is 6.94. The Morgan fingerprint density at radius 1 is 0.900 bits per heavy atom. The Kier molecular flexibility index (Phi) is 3.47. The third-order valence-electron chi connectivity index (χ3n) is 3.03. The van der Waals surface area contributed by atoms with E-state index in [4.69, 9.17) is 34.8 Å². The predicted octanol–water partition coefficient (Wildman–Crippen LogP) is 5.57. The van der Waals surface area contributed by atoms with Crippen molar-refractivity contribution in [3.8, 4) is 16.9 Å². The number of hydrogen-bond donors (Lipinski definition) is 1. The standard InChI is InChI=1S/C15H8Cl3NO/c16-11-7-13(17)19-15-10(11)6-5-9(14(15)18)8-3-1-2-4-12(8)20/h1-7,20H. The Bertz CT molecular complexity index is 818. The maximum absolute atomic E-state index is 9.94. The molecule has 0 bridgehead atoms. The van der Waals surface area contributed by atoms with Crippen LogP contribution in [0.1, 0.15) is 0 Å². The van der Waals surface area contributed by atoms with Gasteiger partial charge < -0.3 is 5.11 Å². The molecule has 2 aromatic carbocycles. The molecule has 0 aliphatic rings. The largest absolute Gasteiger partial charge is 0.507 e. The molecule has 0 aliphatic heterocycles. The van der Waals surface area contributed by atoms with Gasteiger partial charge in [0.05, 0.1) is 15.6 Å². The second kappa shape index (κ2) is 5.13. The highest BCUT2D eigenvalue weighted by atomic mass is 35.5. The number of pyridine rings is 1. The van der Waals surface area contributed by atoms with Crippen molar-refractivity contribution in [1.82, 2.24) is 4.98 Å². The summed E-state index contributed by atoms with van der Waals surface area (Å²) >= 11 is 18.5. The summed E-state index contributed by atoms with van der Waals surface area (Å²) in [6.07, 6.45) is 0. The molecule has 1 heterocycles. The fraction of sp³-hybridized carbons (Fsp3) is 0. The number of halogens is 3. The van der Waals surface area contributed by atoms with E-state index in [2.05, 4.69) is 4.98 Å². The normalized spacial score (nSPS) is 10.9. The van der Waals surface area contributed by atoms with Crippen LogP contribution < -0.4 is 0 Å². The van der Waals surface area contributed by atoms with Crippen molar-refractivity contribution >= 4 is 45.7 Å². The van der Waals surface area contributed by atoms with Crippen molar-refractivity contribution < 1.29 is 5.11 Å². The lowest BCUT2D eigenvalue weighted by Gasteiger charge is -2.10. The van der Waals surface area contributed by atoms with E-state index in [1.54, 1.807) is 30.3 Å². The highest BCUT2D eigenvalue weighted by Crippen LogP contribution is 2.39. The molecule has 0 fully saturated rings. The van der Waals surface area contributed by atoms with E-state index in [9.17, 15) is 5.11 Å². The van der Waals surface area contributed by atoms with Gasteiger partial charge in [-0.15, -0.1) is 0 Å². The van der Waals surface area contributed by atoms with E-state index >= 15 is 0 Å². The lowest BCUT2D eigenvalue weighted by Crippen LogP contribution is -1.87. The Morgan fingerprint density at radius 3 is 2.40 bits per heavy atom. The first-order valence-electron chi connectivity index (χ1n) is 5.80. The second-order valence-electron chi connectivity index (χ2n) is 4.27. The van der Waals surface area contributed by atoms with E-state index in [1.807, 2.05) is 12.1 Å². The summed E-state index contributed by atoms with van der Waals surface area (Å²) in [7, 11) is 0. The summed E-state index contributed by atoms with van der Waals surface area (Å²) in [6, 6.07) is 12.2. The summed E-state index contributed by atoms with van der Waals surface area (Å²) in [5.74, 6) is 0.155. The maximum Gasteiger partial charge on any atom is 0.131 e. The number of nitrogens with zero attached hydrogens (tertiary/aromatic N) is 1. The molecule has 2 nitrogen and oxygen atoms in total. The number of aromatic nitrogens is 1. The monoisotopic (exact) mass is 323 g/mol. The Hall–Kier alpha value is -1.48. The third kappa shape index (κ3) is 2.20. The maximum atomic E-state index is 9.94. The fourth-order valence-electron chi connectivity index (χ4n) is 2.10. The molecule has 0 radical (unpaired) electrons. The summed E-state index contributed by atoms with van der Waals surface area (Å²) in [4.78, 5) is 4.22. The molecule has 1 N–H and O–H groups in total. The first-order chi connectivity index (χ1) is 9.58. The van der Waals surface area contributed by atoms with Crippen molar-refractivity contribution in [2.75, 3.05) is 0 Å². The van der Waals surface area contributed by atoms with Gasteiger partial charge in [-0.3, -0.25) is 0 Å². The number of hydrogen-bond acceptors (Lipinski definition) is 2. The van der Waals surface area contributed by atoms with Gasteiger partial charge in [-0.1, -0.05) is 65.1 Å². The van der Waals surface area contributed by atoms with Gasteiger partial charge in [-0.05, 0) is 12.1 Å². The second-order valence-corrected chi connectivity index (χ2v) is 5.44. The molecule has 0 aliphatic carbocycles. The van der Waals surface area contributed by atoms with E-state index in [0.717, 1.165) is 5.39 Å². The number of aromatic hydroxyl groups is 1. The molecule has 20 heavy (non-hydrogen) atoms. The average molecular weight is 325 g/mol. The summed E-state index contributed by atoms with van der Waals surface area (Å²) in [5, 5.41) is 11.8. The van der Waals surface area contributed by atoms with Crippen LogP contribution in [0.4, 0.5) is 0 Å². The van der Waals surface area contributed by atoms with Gasteiger partial charge in [0.15, 0.2) is 0 Å². The molecule has 0 saturated heterocycles. The minimum atomic E-state index is 0.155. The number of para-hydroxylation sites is 1. The number of phenolic OH excluding ortho intramolecular Hbond substituents is 1. The van der Waals surface area contributed by atoms with Crippen molar-refractivity contribution in [2.45, 2.75) is 0 Å². The van der Waals surface area contributed by atoms with Crippen molar-refractivity contribution in [1.29, 1.82) is 0 Å². The van der Waals surface area contributed by atoms with Crippen molar-refractivity contribution in [2.24, 2.45) is 0 Å². The van der Waals surface area contributed by atoms with Crippen LogP contribution in [0.2, 0.25) is 15.2 Å². The number of fused-ring (bicyclic) bond motifs is 1. The van der Waals surface area contributed by atoms with Crippen LogP contribution in [0.15, 0.2) is 42.5 Å². The van der Waals surface area contributed by atoms with Gasteiger partial charge >= 0.3 is 0 Å². The Morgan fingerprint density at radius 2 is 1.65 bits per heavy atom. The van der Waals surface area contributed by atoms with Gasteiger partial charge in [-0.2, -0.15) is 0 Å². The third-order valence-corrected chi connectivity index (χ3v) is 3.92. The van der Waals surface area contributed by atoms with Crippen LogP contribution >= 0.6 is 34.8 Å². The lowest BCUT2D eigenvalue weighted by atomic mass is 10.0. The van der Waals surface area contributed by atoms with Crippen LogP contribution in [-0.4, -0.2) is 10.1 Å². The summed E-state index contributed by atoms with van der Waals surface area (Å²) in [6.45, 7) is 0. The average Bonchev–Trinajstić information content (AvgIpc) is 2.41. The highest BCUT2D eigenvalue weighted by Gasteiger charge is 2.14. The SMILES string of the molecule is Oc1ccccc1-c1ccc2c(Cl)cc(Cl)nc2c1Cl. The molecular formula is C15H8Cl3NO. The van der Waals surface area contributed by atoms with Crippen LogP contribution in [0, 0.1) is 0 Å². The molecule has 0 unspecified atom stereocenters. The summed E-state index contributed by atoms with van der Waals surface area (Å²) < 4.78 is 0. The Labute approximate surface area is 130 Å². The van der Waals surface area contributed by atoms with Gasteiger partial charge in [-0.25, -0.2) is 4.98 Å². The minimum absolute atomic E-state index is 0.155. The molecule has 100 valence electrons. The highest BCUT2D eigenvalue weighted by molar-refractivity contribution is 6.42. The zero-order chi connectivity index (χ0) is 14.3. The quantitative estimate of drug-likeness (QED) is 0.594. The number of benzene rings is 2. The molecule has 0 spiro atoms. The van der Waals surface area contributed by atoms with E-state index in [0.29, 0.717) is 26.7 Å². The van der Waals surface area contributed by atoms with Crippen LogP contribution in [-0.2, 0) is 0 Å². The molecule has 0 amide bonds. The van der Waals surface area contributed by atoms with Crippen LogP contribution in [0.5, 0.6) is 5.75 Å². The fourth-order valence-corrected chi connectivity index (χ4v) is 2.91. The van der Waals surface area contributed by atoms with Gasteiger partial charge in [0, 0.05) is 16.5 Å². The van der Waals surface area contributed by atoms with Gasteiger partial charge in [0.1, 0.15) is 10.9 Å². The first kappa shape index (κ1) is 13.5. The van der Waals surface area contributed by atoms with Crippen molar-refractivity contribution in [3.63, 3.8) is 0 Å². The van der Waals surface area contributed by atoms with E-state index < -0.39 is 0 Å². The molecule has 0 atom stereocenters. The predicted molar refractivity (Wildman–Crippen MR) is 83.9 cm³/mol. The topological polar surface area (TPSA) is 33.1 Å². The zero-order valence-electron chi connectivity index (χ0n) is 10.1. The number of rotatable bonds is 1. The number of phenols is 1. The minimum Gasteiger partial charge on any atom is -0.507 e. The molecular weight excluding hydrogens is 317 g/mol. The zero-order valence-corrected chi connectivity index (χ0v) is 12.3. The van der Waals surface area contributed by atoms with Crippen LogP contribution in [0.25, 0.3) is 22.0 Å². The molecule has 1 aromatic heterocycles. The van der Waals surface area contributed by atoms with E-state index in [-0.39, 0.29) is 10.9 Å².